The maximum Gasteiger partial charge on any atom is 0.270 e. The van der Waals surface area contributed by atoms with E-state index in [1.165, 1.54) is 28.0 Å². The van der Waals surface area contributed by atoms with Gasteiger partial charge in [-0.15, -0.1) is 11.3 Å². The van der Waals surface area contributed by atoms with Crippen LogP contribution in [0.3, 0.4) is 0 Å². The number of nitrogens with one attached hydrogen (secondary N) is 1. The molecule has 0 aliphatic carbocycles. The van der Waals surface area contributed by atoms with Crippen LogP contribution in [0.2, 0.25) is 0 Å². The Kier molecular flexibility index (Phi) is 3.83. The minimum atomic E-state index is -0.0581. The van der Waals surface area contributed by atoms with Crippen LogP contribution >= 0.6 is 11.3 Å². The van der Waals surface area contributed by atoms with Crippen molar-refractivity contribution in [3.63, 3.8) is 0 Å². The molecule has 1 aliphatic heterocycles. The van der Waals surface area contributed by atoms with Crippen molar-refractivity contribution in [2.45, 2.75) is 19.9 Å². The second kappa shape index (κ2) is 6.35. The van der Waals surface area contributed by atoms with Crippen molar-refractivity contribution < 1.29 is 0 Å². The number of hydrogen-bond acceptors (Lipinski definition) is 4. The second-order valence-corrected chi connectivity index (χ2v) is 7.90. The van der Waals surface area contributed by atoms with Gasteiger partial charge in [0.05, 0.1) is 5.52 Å². The number of H-pyrrole nitrogens is 1. The molecule has 3 heterocycles. The molecule has 4 aromatic rings. The summed E-state index contributed by atoms with van der Waals surface area (Å²) in [5.74, 6) is 0.661. The molecule has 0 spiro atoms. The van der Waals surface area contributed by atoms with Gasteiger partial charge in [0.1, 0.15) is 4.70 Å². The Morgan fingerprint density at radius 2 is 1.85 bits per heavy atom. The zero-order valence-electron chi connectivity index (χ0n) is 15.0. The van der Waals surface area contributed by atoms with E-state index in [2.05, 4.69) is 65.3 Å². The van der Waals surface area contributed by atoms with E-state index in [0.717, 1.165) is 36.2 Å². The fourth-order valence-corrected chi connectivity index (χ4v) is 4.59. The Labute approximate surface area is 161 Å². The molecule has 5 heteroatoms. The van der Waals surface area contributed by atoms with Gasteiger partial charge in [-0.25, -0.2) is 4.98 Å². The van der Waals surface area contributed by atoms with Crippen LogP contribution in [-0.2, 0) is 13.0 Å². The third kappa shape index (κ3) is 2.84. The summed E-state index contributed by atoms with van der Waals surface area (Å²) in [7, 11) is 0. The average molecular weight is 373 g/mol. The number of hydrogen-bond donors (Lipinski definition) is 1. The molecule has 0 atom stereocenters. The molecule has 0 radical (unpaired) electrons. The van der Waals surface area contributed by atoms with Crippen molar-refractivity contribution in [2.24, 2.45) is 0 Å². The van der Waals surface area contributed by atoms with Crippen LogP contribution in [0, 0.1) is 6.92 Å². The SMILES string of the molecule is Cc1ccc(-c2csc3c(=O)[nH]c(N4CCc5ccccc5C4)nc23)cc1. The van der Waals surface area contributed by atoms with Gasteiger partial charge >= 0.3 is 0 Å². The first-order chi connectivity index (χ1) is 13.2. The highest BCUT2D eigenvalue weighted by Crippen LogP contribution is 2.32. The summed E-state index contributed by atoms with van der Waals surface area (Å²) in [6.07, 6.45) is 0.965. The number of aromatic amines is 1. The summed E-state index contributed by atoms with van der Waals surface area (Å²) in [4.78, 5) is 22.7. The molecule has 1 N–H and O–H groups in total. The van der Waals surface area contributed by atoms with Crippen LogP contribution in [0.15, 0.2) is 58.7 Å². The van der Waals surface area contributed by atoms with Crippen molar-refractivity contribution >= 4 is 27.5 Å². The normalized spacial score (nSPS) is 13.7. The van der Waals surface area contributed by atoms with E-state index in [9.17, 15) is 4.79 Å². The van der Waals surface area contributed by atoms with Crippen molar-refractivity contribution in [2.75, 3.05) is 11.4 Å². The highest BCUT2D eigenvalue weighted by molar-refractivity contribution is 7.17. The van der Waals surface area contributed by atoms with Gasteiger partial charge < -0.3 is 4.90 Å². The largest absolute Gasteiger partial charge is 0.338 e. The molecule has 0 unspecified atom stereocenters. The number of anilines is 1. The summed E-state index contributed by atoms with van der Waals surface area (Å²) in [5, 5.41) is 2.03. The van der Waals surface area contributed by atoms with E-state index in [-0.39, 0.29) is 5.56 Å². The lowest BCUT2D eigenvalue weighted by Gasteiger charge is -2.29. The highest BCUT2D eigenvalue weighted by atomic mass is 32.1. The summed E-state index contributed by atoms with van der Waals surface area (Å²) in [5.41, 5.74) is 6.76. The Balaban J connectivity index is 1.59. The van der Waals surface area contributed by atoms with Crippen molar-refractivity contribution in [3.8, 4) is 11.1 Å². The number of rotatable bonds is 2. The Morgan fingerprint density at radius 1 is 1.07 bits per heavy atom. The Morgan fingerprint density at radius 3 is 2.67 bits per heavy atom. The topological polar surface area (TPSA) is 49.0 Å². The fraction of sp³-hybridized carbons (Fsp3) is 0.182. The predicted molar refractivity (Wildman–Crippen MR) is 112 cm³/mol. The number of benzene rings is 2. The minimum Gasteiger partial charge on any atom is -0.338 e. The lowest BCUT2D eigenvalue weighted by atomic mass is 10.0. The van der Waals surface area contributed by atoms with Crippen molar-refractivity contribution in [3.05, 3.63) is 81.0 Å². The average Bonchev–Trinajstić information content (AvgIpc) is 3.13. The first-order valence-corrected chi connectivity index (χ1v) is 9.97. The number of thiophene rings is 1. The fourth-order valence-electron chi connectivity index (χ4n) is 3.68. The third-order valence-corrected chi connectivity index (χ3v) is 6.17. The molecular weight excluding hydrogens is 354 g/mol. The second-order valence-electron chi connectivity index (χ2n) is 7.02. The van der Waals surface area contributed by atoms with Gasteiger partial charge in [-0.05, 0) is 30.0 Å². The monoisotopic (exact) mass is 373 g/mol. The lowest BCUT2D eigenvalue weighted by molar-refractivity contribution is 0.708. The number of aromatic nitrogens is 2. The number of aryl methyl sites for hydroxylation is 1. The first-order valence-electron chi connectivity index (χ1n) is 9.09. The van der Waals surface area contributed by atoms with Crippen LogP contribution in [0.1, 0.15) is 16.7 Å². The molecular formula is C22H19N3OS. The molecule has 0 bridgehead atoms. The quantitative estimate of drug-likeness (QED) is 0.562. The summed E-state index contributed by atoms with van der Waals surface area (Å²) >= 11 is 1.46. The summed E-state index contributed by atoms with van der Waals surface area (Å²) in [6.45, 7) is 3.70. The zero-order chi connectivity index (χ0) is 18.4. The van der Waals surface area contributed by atoms with Crippen LogP contribution < -0.4 is 10.5 Å². The van der Waals surface area contributed by atoms with Gasteiger partial charge in [-0.1, -0.05) is 54.1 Å². The molecule has 4 nitrogen and oxygen atoms in total. The molecule has 0 amide bonds. The first kappa shape index (κ1) is 16.3. The van der Waals surface area contributed by atoms with Crippen LogP contribution in [0.5, 0.6) is 0 Å². The van der Waals surface area contributed by atoms with E-state index in [0.29, 0.717) is 10.6 Å². The molecule has 2 aromatic carbocycles. The van der Waals surface area contributed by atoms with Gasteiger partial charge in [0, 0.05) is 24.0 Å². The minimum absolute atomic E-state index is 0.0581. The van der Waals surface area contributed by atoms with E-state index >= 15 is 0 Å². The Hall–Kier alpha value is -2.92. The maximum atomic E-state index is 12.7. The smallest absolute Gasteiger partial charge is 0.270 e. The van der Waals surface area contributed by atoms with Gasteiger partial charge in [-0.2, -0.15) is 0 Å². The van der Waals surface area contributed by atoms with Crippen molar-refractivity contribution in [1.82, 2.24) is 9.97 Å². The predicted octanol–water partition coefficient (Wildman–Crippen LogP) is 4.52. The molecule has 0 saturated heterocycles. The van der Waals surface area contributed by atoms with Gasteiger partial charge in [0.25, 0.3) is 5.56 Å². The van der Waals surface area contributed by atoms with Crippen molar-refractivity contribution in [1.29, 1.82) is 0 Å². The van der Waals surface area contributed by atoms with E-state index < -0.39 is 0 Å². The van der Waals surface area contributed by atoms with Gasteiger partial charge in [0.15, 0.2) is 0 Å². The molecule has 134 valence electrons. The van der Waals surface area contributed by atoms with Crippen LogP contribution in [-0.4, -0.2) is 16.5 Å². The highest BCUT2D eigenvalue weighted by Gasteiger charge is 2.20. The molecule has 5 rings (SSSR count). The molecule has 27 heavy (non-hydrogen) atoms. The van der Waals surface area contributed by atoms with E-state index in [1.807, 2.05) is 5.38 Å². The standard InChI is InChI=1S/C22H19N3OS/c1-14-6-8-16(9-7-14)18-13-27-20-19(18)23-22(24-21(20)26)25-11-10-15-4-2-3-5-17(15)12-25/h2-9,13H,10-12H2,1H3,(H,23,24,26). The van der Waals surface area contributed by atoms with E-state index in [1.54, 1.807) is 0 Å². The number of nitrogens with zero attached hydrogens (tertiary/aromatic N) is 2. The Bertz CT molecular complexity index is 1190. The molecule has 1 aliphatic rings. The summed E-state index contributed by atoms with van der Waals surface area (Å²) < 4.78 is 0.687. The maximum absolute atomic E-state index is 12.7. The van der Waals surface area contributed by atoms with Gasteiger partial charge in [0.2, 0.25) is 5.95 Å². The van der Waals surface area contributed by atoms with Crippen LogP contribution in [0.4, 0.5) is 5.95 Å². The molecule has 0 fully saturated rings. The third-order valence-electron chi connectivity index (χ3n) is 5.21. The lowest BCUT2D eigenvalue weighted by Crippen LogP contribution is -2.33. The van der Waals surface area contributed by atoms with Crippen LogP contribution in [0.25, 0.3) is 21.3 Å². The van der Waals surface area contributed by atoms with E-state index in [4.69, 9.17) is 4.98 Å². The zero-order valence-corrected chi connectivity index (χ0v) is 15.8. The van der Waals surface area contributed by atoms with Gasteiger partial charge in [-0.3, -0.25) is 9.78 Å². The summed E-state index contributed by atoms with van der Waals surface area (Å²) in [6, 6.07) is 16.9. The molecule has 2 aromatic heterocycles. The molecule has 0 saturated carbocycles. The number of fused-ring (bicyclic) bond motifs is 2.